The number of nitrogens with one attached hydrogen (secondary N) is 1. The Kier molecular flexibility index (Phi) is 5.56. The van der Waals surface area contributed by atoms with Gasteiger partial charge in [-0.25, -0.2) is 13.1 Å². The Morgan fingerprint density at radius 3 is 2.35 bits per heavy atom. The summed E-state index contributed by atoms with van der Waals surface area (Å²) in [7, 11) is 0.118. The van der Waals surface area contributed by atoms with E-state index in [1.165, 1.54) is 0 Å². The fraction of sp³-hybridized carbons (Fsp3) is 0.571. The van der Waals surface area contributed by atoms with Gasteiger partial charge >= 0.3 is 0 Å². The molecule has 20 heavy (non-hydrogen) atoms. The maximum atomic E-state index is 12.4. The summed E-state index contributed by atoms with van der Waals surface area (Å²) in [5.41, 5.74) is 1.87. The zero-order chi connectivity index (χ0) is 15.5. The molecule has 0 aromatic heterocycles. The summed E-state index contributed by atoms with van der Waals surface area (Å²) in [6, 6.07) is 4.53. The van der Waals surface area contributed by atoms with Crippen LogP contribution in [0.4, 0.5) is 5.69 Å². The maximum absolute atomic E-state index is 12.4. The number of aryl methyl sites for hydroxylation is 1. The van der Waals surface area contributed by atoms with Crippen LogP contribution >= 0.6 is 0 Å². The molecule has 5 nitrogen and oxygen atoms in total. The molecule has 0 heterocycles. The van der Waals surface area contributed by atoms with Gasteiger partial charge in [-0.15, -0.1) is 0 Å². The Balaban J connectivity index is 3.13. The van der Waals surface area contributed by atoms with Gasteiger partial charge in [0.1, 0.15) is 0 Å². The molecular weight excluding hydrogens is 276 g/mol. The Bertz CT molecular complexity index is 554. The molecule has 1 aromatic rings. The van der Waals surface area contributed by atoms with Crippen LogP contribution in [-0.2, 0) is 10.0 Å². The third kappa shape index (κ3) is 3.94. The largest absolute Gasteiger partial charge is 0.395 e. The molecule has 0 fully saturated rings. The summed E-state index contributed by atoms with van der Waals surface area (Å²) in [5.74, 6) is 0.0218. The van der Waals surface area contributed by atoms with E-state index in [0.29, 0.717) is 0 Å². The molecule has 1 rings (SSSR count). The molecule has 0 saturated carbocycles. The average molecular weight is 300 g/mol. The van der Waals surface area contributed by atoms with Crippen molar-refractivity contribution in [1.29, 1.82) is 0 Å². The average Bonchev–Trinajstić information content (AvgIpc) is 2.35. The van der Waals surface area contributed by atoms with Gasteiger partial charge < -0.3 is 10.0 Å². The number of aliphatic hydroxyl groups excluding tert-OH is 1. The standard InChI is InChI=1S/C14H24N2O3S/c1-10(2)13(9-17)15-20(18,19)12-7-6-11(3)14(8-12)16(4)5/h6-8,10,13,15,17H,9H2,1-5H3/t13-/m1/s1. The zero-order valence-corrected chi connectivity index (χ0v) is 13.5. The fourth-order valence-corrected chi connectivity index (χ4v) is 3.28. The van der Waals surface area contributed by atoms with E-state index in [1.807, 2.05) is 39.8 Å². The summed E-state index contributed by atoms with van der Waals surface area (Å²) < 4.78 is 27.3. The van der Waals surface area contributed by atoms with Crippen molar-refractivity contribution in [3.63, 3.8) is 0 Å². The minimum atomic E-state index is -3.63. The molecule has 1 aromatic carbocycles. The Morgan fingerprint density at radius 2 is 1.90 bits per heavy atom. The van der Waals surface area contributed by atoms with Crippen LogP contribution in [0.1, 0.15) is 19.4 Å². The predicted molar refractivity (Wildman–Crippen MR) is 81.5 cm³/mol. The lowest BCUT2D eigenvalue weighted by molar-refractivity contribution is 0.227. The van der Waals surface area contributed by atoms with Gasteiger partial charge in [0.25, 0.3) is 0 Å². The van der Waals surface area contributed by atoms with Gasteiger partial charge in [0.2, 0.25) is 10.0 Å². The molecule has 2 N–H and O–H groups in total. The van der Waals surface area contributed by atoms with Gasteiger partial charge in [0.05, 0.1) is 11.5 Å². The number of aliphatic hydroxyl groups is 1. The minimum Gasteiger partial charge on any atom is -0.395 e. The second-order valence-corrected chi connectivity index (χ2v) is 7.21. The molecule has 0 spiro atoms. The van der Waals surface area contributed by atoms with Gasteiger partial charge in [0, 0.05) is 25.8 Å². The minimum absolute atomic E-state index is 0.0218. The van der Waals surface area contributed by atoms with Crippen LogP contribution in [0.2, 0.25) is 0 Å². The van der Waals surface area contributed by atoms with Crippen LogP contribution < -0.4 is 9.62 Å². The summed E-state index contributed by atoms with van der Waals surface area (Å²) in [6.45, 7) is 5.45. The number of hydrogen-bond acceptors (Lipinski definition) is 4. The Labute approximate surface area is 121 Å². The molecule has 0 saturated heterocycles. The number of hydrogen-bond donors (Lipinski definition) is 2. The predicted octanol–water partition coefficient (Wildman–Crippen LogP) is 1.36. The van der Waals surface area contributed by atoms with Crippen LogP contribution in [0.15, 0.2) is 23.1 Å². The number of rotatable bonds is 6. The lowest BCUT2D eigenvalue weighted by atomic mass is 10.1. The molecule has 0 aliphatic rings. The second-order valence-electron chi connectivity index (χ2n) is 5.50. The van der Waals surface area contributed by atoms with Crippen molar-refractivity contribution in [1.82, 2.24) is 4.72 Å². The van der Waals surface area contributed by atoms with Crippen molar-refractivity contribution in [2.75, 3.05) is 25.6 Å². The van der Waals surface area contributed by atoms with Crippen LogP contribution in [0, 0.1) is 12.8 Å². The molecular formula is C14H24N2O3S. The monoisotopic (exact) mass is 300 g/mol. The van der Waals surface area contributed by atoms with Gasteiger partial charge in [-0.05, 0) is 30.5 Å². The van der Waals surface area contributed by atoms with Crippen molar-refractivity contribution in [3.05, 3.63) is 23.8 Å². The summed E-state index contributed by atoms with van der Waals surface area (Å²) in [4.78, 5) is 2.09. The first-order chi connectivity index (χ1) is 9.19. The Morgan fingerprint density at radius 1 is 1.30 bits per heavy atom. The molecule has 6 heteroatoms. The van der Waals surface area contributed by atoms with Gasteiger partial charge in [-0.2, -0.15) is 0 Å². The van der Waals surface area contributed by atoms with Crippen LogP contribution in [-0.4, -0.2) is 40.3 Å². The maximum Gasteiger partial charge on any atom is 0.240 e. The normalized spacial score (nSPS) is 13.6. The topological polar surface area (TPSA) is 69.6 Å². The van der Waals surface area contributed by atoms with E-state index in [-0.39, 0.29) is 17.4 Å². The molecule has 0 aliphatic heterocycles. The molecule has 0 bridgehead atoms. The van der Waals surface area contributed by atoms with Crippen molar-refractivity contribution < 1.29 is 13.5 Å². The van der Waals surface area contributed by atoms with Crippen molar-refractivity contribution in [2.24, 2.45) is 5.92 Å². The van der Waals surface area contributed by atoms with Gasteiger partial charge in [-0.1, -0.05) is 19.9 Å². The summed E-state index contributed by atoms with van der Waals surface area (Å²) >= 11 is 0. The molecule has 114 valence electrons. The van der Waals surface area contributed by atoms with Crippen molar-refractivity contribution >= 4 is 15.7 Å². The second kappa shape index (κ2) is 6.56. The van der Waals surface area contributed by atoms with E-state index in [1.54, 1.807) is 18.2 Å². The summed E-state index contributed by atoms with van der Waals surface area (Å²) in [5, 5.41) is 9.26. The highest BCUT2D eigenvalue weighted by molar-refractivity contribution is 7.89. The molecule has 0 amide bonds. The number of benzene rings is 1. The highest BCUT2D eigenvalue weighted by Crippen LogP contribution is 2.22. The number of anilines is 1. The van der Waals surface area contributed by atoms with Gasteiger partial charge in [0.15, 0.2) is 0 Å². The Hall–Kier alpha value is -1.11. The smallest absolute Gasteiger partial charge is 0.240 e. The lowest BCUT2D eigenvalue weighted by Crippen LogP contribution is -2.41. The van der Waals surface area contributed by atoms with Crippen LogP contribution in [0.3, 0.4) is 0 Å². The first-order valence-corrected chi connectivity index (χ1v) is 8.08. The van der Waals surface area contributed by atoms with Crippen molar-refractivity contribution in [3.8, 4) is 0 Å². The van der Waals surface area contributed by atoms with E-state index in [2.05, 4.69) is 4.72 Å². The van der Waals surface area contributed by atoms with E-state index in [0.717, 1.165) is 11.3 Å². The van der Waals surface area contributed by atoms with Gasteiger partial charge in [-0.3, -0.25) is 0 Å². The lowest BCUT2D eigenvalue weighted by Gasteiger charge is -2.21. The molecule has 0 aliphatic carbocycles. The highest BCUT2D eigenvalue weighted by atomic mass is 32.2. The molecule has 0 radical (unpaired) electrons. The van der Waals surface area contributed by atoms with Crippen LogP contribution in [0.25, 0.3) is 0 Å². The number of nitrogens with zero attached hydrogens (tertiary/aromatic N) is 1. The van der Waals surface area contributed by atoms with E-state index in [4.69, 9.17) is 0 Å². The first kappa shape index (κ1) is 16.9. The SMILES string of the molecule is Cc1ccc(S(=O)(=O)N[C@H](CO)C(C)C)cc1N(C)C. The van der Waals surface area contributed by atoms with Crippen molar-refractivity contribution in [2.45, 2.75) is 31.7 Å². The van der Waals surface area contributed by atoms with E-state index < -0.39 is 16.1 Å². The molecule has 1 atom stereocenters. The number of sulfonamides is 1. The third-order valence-corrected chi connectivity index (χ3v) is 4.77. The summed E-state index contributed by atoms with van der Waals surface area (Å²) in [6.07, 6.45) is 0. The fourth-order valence-electron chi connectivity index (χ4n) is 1.89. The van der Waals surface area contributed by atoms with E-state index in [9.17, 15) is 13.5 Å². The molecule has 0 unspecified atom stereocenters. The quantitative estimate of drug-likeness (QED) is 0.832. The van der Waals surface area contributed by atoms with Crippen LogP contribution in [0.5, 0.6) is 0 Å². The van der Waals surface area contributed by atoms with E-state index >= 15 is 0 Å². The highest BCUT2D eigenvalue weighted by Gasteiger charge is 2.22. The first-order valence-electron chi connectivity index (χ1n) is 6.60. The zero-order valence-electron chi connectivity index (χ0n) is 12.7. The third-order valence-electron chi connectivity index (χ3n) is 3.28.